The molecule has 0 spiro atoms. The third-order valence-electron chi connectivity index (χ3n) is 3.11. The van der Waals surface area contributed by atoms with Crippen LogP contribution in [-0.4, -0.2) is 5.91 Å². The molecule has 0 aliphatic carbocycles. The van der Waals surface area contributed by atoms with Crippen molar-refractivity contribution in [1.82, 2.24) is 0 Å². The van der Waals surface area contributed by atoms with Crippen LogP contribution in [-0.2, 0) is 0 Å². The first kappa shape index (κ1) is 13.6. The number of halogens is 2. The minimum absolute atomic E-state index is 0.0913. The lowest BCUT2D eigenvalue weighted by molar-refractivity contribution is 0.0996. The van der Waals surface area contributed by atoms with E-state index in [9.17, 15) is 9.18 Å². The van der Waals surface area contributed by atoms with Crippen LogP contribution in [0.5, 0.6) is 0 Å². The van der Waals surface area contributed by atoms with Gasteiger partial charge in [-0.3, -0.25) is 4.79 Å². The SMILES string of the molecule is C[C@H](c1cccc(Cl)c1)c1cccc(C(N)=O)c1F. The molecule has 2 nitrogen and oxygen atoms in total. The minimum Gasteiger partial charge on any atom is -0.366 e. The highest BCUT2D eigenvalue weighted by atomic mass is 35.5. The number of carbonyl (C=O) groups is 1. The zero-order valence-corrected chi connectivity index (χ0v) is 11.1. The molecule has 0 aliphatic heterocycles. The standard InChI is InChI=1S/C15H13ClFNO/c1-9(10-4-2-5-11(16)8-10)12-6-3-7-13(14(12)17)15(18)19/h2-9H,1H3,(H2,18,19)/t9-/m1/s1. The topological polar surface area (TPSA) is 43.1 Å². The summed E-state index contributed by atoms with van der Waals surface area (Å²) < 4.78 is 14.2. The average Bonchev–Trinajstić information content (AvgIpc) is 2.38. The first-order valence-electron chi connectivity index (χ1n) is 5.84. The Morgan fingerprint density at radius 3 is 2.58 bits per heavy atom. The summed E-state index contributed by atoms with van der Waals surface area (Å²) in [5, 5.41) is 0.593. The Labute approximate surface area is 116 Å². The van der Waals surface area contributed by atoms with Crippen molar-refractivity contribution in [2.75, 3.05) is 0 Å². The van der Waals surface area contributed by atoms with Gasteiger partial charge in [0, 0.05) is 10.9 Å². The van der Waals surface area contributed by atoms with Gasteiger partial charge in [0.25, 0.3) is 5.91 Å². The third-order valence-corrected chi connectivity index (χ3v) is 3.34. The minimum atomic E-state index is -0.766. The van der Waals surface area contributed by atoms with Gasteiger partial charge in [-0.05, 0) is 29.3 Å². The number of carbonyl (C=O) groups excluding carboxylic acids is 1. The Hall–Kier alpha value is -1.87. The maximum atomic E-state index is 14.2. The molecule has 0 radical (unpaired) electrons. The van der Waals surface area contributed by atoms with Crippen LogP contribution in [0.2, 0.25) is 5.02 Å². The van der Waals surface area contributed by atoms with E-state index < -0.39 is 11.7 Å². The van der Waals surface area contributed by atoms with Crippen LogP contribution in [0, 0.1) is 5.82 Å². The fourth-order valence-corrected chi connectivity index (χ4v) is 2.23. The quantitative estimate of drug-likeness (QED) is 0.913. The Morgan fingerprint density at radius 1 is 1.26 bits per heavy atom. The third kappa shape index (κ3) is 2.76. The molecule has 1 amide bonds. The number of amides is 1. The molecule has 0 saturated heterocycles. The molecule has 4 heteroatoms. The van der Waals surface area contributed by atoms with Crippen molar-refractivity contribution in [2.45, 2.75) is 12.8 Å². The van der Waals surface area contributed by atoms with E-state index in [-0.39, 0.29) is 11.5 Å². The number of hydrogen-bond acceptors (Lipinski definition) is 1. The molecule has 98 valence electrons. The Balaban J connectivity index is 2.47. The van der Waals surface area contributed by atoms with Gasteiger partial charge in [0.1, 0.15) is 5.82 Å². The molecular formula is C15H13ClFNO. The van der Waals surface area contributed by atoms with Crippen LogP contribution in [0.25, 0.3) is 0 Å². The van der Waals surface area contributed by atoms with Gasteiger partial charge in [0.05, 0.1) is 5.56 Å². The van der Waals surface area contributed by atoms with Crippen molar-refractivity contribution in [3.8, 4) is 0 Å². The molecule has 2 aromatic carbocycles. The molecule has 0 fully saturated rings. The van der Waals surface area contributed by atoms with E-state index in [1.54, 1.807) is 24.3 Å². The highest BCUT2D eigenvalue weighted by molar-refractivity contribution is 6.30. The number of benzene rings is 2. The summed E-state index contributed by atoms with van der Waals surface area (Å²) in [4.78, 5) is 11.1. The lowest BCUT2D eigenvalue weighted by Crippen LogP contribution is -2.15. The smallest absolute Gasteiger partial charge is 0.251 e. The van der Waals surface area contributed by atoms with Crippen molar-refractivity contribution in [1.29, 1.82) is 0 Å². The Kier molecular flexibility index (Phi) is 3.86. The summed E-state index contributed by atoms with van der Waals surface area (Å²) in [6.07, 6.45) is 0. The maximum absolute atomic E-state index is 14.2. The second-order valence-electron chi connectivity index (χ2n) is 4.35. The normalized spacial score (nSPS) is 12.2. The first-order valence-corrected chi connectivity index (χ1v) is 6.22. The molecule has 0 saturated carbocycles. The van der Waals surface area contributed by atoms with Crippen molar-refractivity contribution in [3.05, 3.63) is 70.0 Å². The zero-order chi connectivity index (χ0) is 14.0. The molecule has 0 unspecified atom stereocenters. The maximum Gasteiger partial charge on any atom is 0.251 e. The molecule has 0 aliphatic rings. The van der Waals surface area contributed by atoms with Crippen molar-refractivity contribution >= 4 is 17.5 Å². The molecule has 2 rings (SSSR count). The average molecular weight is 278 g/mol. The van der Waals surface area contributed by atoms with Crippen LogP contribution >= 0.6 is 11.6 Å². The van der Waals surface area contributed by atoms with Crippen LogP contribution < -0.4 is 5.73 Å². The fourth-order valence-electron chi connectivity index (χ4n) is 2.03. The lowest BCUT2D eigenvalue weighted by atomic mass is 9.91. The summed E-state index contributed by atoms with van der Waals surface area (Å²) in [6.45, 7) is 1.86. The van der Waals surface area contributed by atoms with Gasteiger partial charge in [-0.1, -0.05) is 42.8 Å². The predicted octanol–water partition coefficient (Wildman–Crippen LogP) is 3.73. The van der Waals surface area contributed by atoms with E-state index >= 15 is 0 Å². The van der Waals surface area contributed by atoms with E-state index in [0.29, 0.717) is 10.6 Å². The monoisotopic (exact) mass is 277 g/mol. The summed E-state index contributed by atoms with van der Waals surface area (Å²) in [5.41, 5.74) is 6.37. The molecule has 2 N–H and O–H groups in total. The second-order valence-corrected chi connectivity index (χ2v) is 4.79. The Bertz CT molecular complexity index is 627. The van der Waals surface area contributed by atoms with E-state index in [4.69, 9.17) is 17.3 Å². The first-order chi connectivity index (χ1) is 9.00. The van der Waals surface area contributed by atoms with Gasteiger partial charge >= 0.3 is 0 Å². The van der Waals surface area contributed by atoms with Gasteiger partial charge in [-0.25, -0.2) is 4.39 Å². The summed E-state index contributed by atoms with van der Waals surface area (Å²) in [6, 6.07) is 11.9. The van der Waals surface area contributed by atoms with Gasteiger partial charge in [-0.2, -0.15) is 0 Å². The fraction of sp³-hybridized carbons (Fsp3) is 0.133. The number of rotatable bonds is 3. The zero-order valence-electron chi connectivity index (χ0n) is 10.4. The summed E-state index contributed by atoms with van der Waals surface area (Å²) in [7, 11) is 0. The van der Waals surface area contributed by atoms with Crippen LogP contribution in [0.1, 0.15) is 34.3 Å². The van der Waals surface area contributed by atoms with Crippen molar-refractivity contribution < 1.29 is 9.18 Å². The number of primary amides is 1. The molecule has 19 heavy (non-hydrogen) atoms. The largest absolute Gasteiger partial charge is 0.366 e. The van der Waals surface area contributed by atoms with E-state index in [1.807, 2.05) is 19.1 Å². The Morgan fingerprint density at radius 2 is 1.95 bits per heavy atom. The highest BCUT2D eigenvalue weighted by Crippen LogP contribution is 2.29. The predicted molar refractivity (Wildman–Crippen MR) is 73.9 cm³/mol. The number of nitrogens with two attached hydrogens (primary N) is 1. The van der Waals surface area contributed by atoms with E-state index in [1.165, 1.54) is 6.07 Å². The van der Waals surface area contributed by atoms with Crippen molar-refractivity contribution in [3.63, 3.8) is 0 Å². The molecule has 1 atom stereocenters. The molecule has 2 aromatic rings. The highest BCUT2D eigenvalue weighted by Gasteiger charge is 2.18. The van der Waals surface area contributed by atoms with Crippen LogP contribution in [0.4, 0.5) is 4.39 Å². The van der Waals surface area contributed by atoms with Crippen LogP contribution in [0.3, 0.4) is 0 Å². The van der Waals surface area contributed by atoms with Crippen molar-refractivity contribution in [2.24, 2.45) is 5.73 Å². The van der Waals surface area contributed by atoms with Crippen LogP contribution in [0.15, 0.2) is 42.5 Å². The van der Waals surface area contributed by atoms with Gasteiger partial charge in [0.2, 0.25) is 0 Å². The summed E-state index contributed by atoms with van der Waals surface area (Å²) >= 11 is 5.93. The van der Waals surface area contributed by atoms with E-state index in [0.717, 1.165) is 5.56 Å². The van der Waals surface area contributed by atoms with Gasteiger partial charge in [0.15, 0.2) is 0 Å². The number of hydrogen-bond donors (Lipinski definition) is 1. The molecule has 0 bridgehead atoms. The lowest BCUT2D eigenvalue weighted by Gasteiger charge is -2.15. The van der Waals surface area contributed by atoms with Gasteiger partial charge < -0.3 is 5.73 Å². The molecule has 0 aromatic heterocycles. The second kappa shape index (κ2) is 5.41. The molecule has 0 heterocycles. The molecular weight excluding hydrogens is 265 g/mol. The van der Waals surface area contributed by atoms with Gasteiger partial charge in [-0.15, -0.1) is 0 Å². The van der Waals surface area contributed by atoms with E-state index in [2.05, 4.69) is 0 Å². The summed E-state index contributed by atoms with van der Waals surface area (Å²) in [5.74, 6) is -1.54.